The van der Waals surface area contributed by atoms with Gasteiger partial charge in [0.25, 0.3) is 0 Å². The van der Waals surface area contributed by atoms with Crippen LogP contribution in [0.4, 0.5) is 0 Å². The third kappa shape index (κ3) is 1.63. The Morgan fingerprint density at radius 3 is 2.00 bits per heavy atom. The summed E-state index contributed by atoms with van der Waals surface area (Å²) in [5, 5.41) is 9.96. The van der Waals surface area contributed by atoms with Crippen LogP contribution in [-0.2, 0) is 10.2 Å². The predicted molar refractivity (Wildman–Crippen MR) is 76.3 cm³/mol. The molecule has 0 unspecified atom stereocenters. The molecule has 1 aliphatic rings. The smallest absolute Gasteiger partial charge is 0.318 e. The molecular formula is C17H16O3. The molecular weight excluding hydrogens is 252 g/mol. The molecule has 0 aromatic heterocycles. The lowest BCUT2D eigenvalue weighted by atomic mass is 9.69. The van der Waals surface area contributed by atoms with E-state index in [1.54, 1.807) is 0 Å². The third-order valence-corrected chi connectivity index (χ3v) is 3.90. The van der Waals surface area contributed by atoms with Crippen LogP contribution in [0.15, 0.2) is 48.5 Å². The summed E-state index contributed by atoms with van der Waals surface area (Å²) in [6.45, 7) is 2.01. The zero-order chi connectivity index (χ0) is 14.2. The van der Waals surface area contributed by atoms with Crippen molar-refractivity contribution in [3.8, 4) is 11.5 Å². The van der Waals surface area contributed by atoms with E-state index in [0.717, 1.165) is 17.5 Å². The van der Waals surface area contributed by atoms with Crippen LogP contribution < -0.4 is 4.74 Å². The zero-order valence-corrected chi connectivity index (χ0v) is 11.3. The summed E-state index contributed by atoms with van der Waals surface area (Å²) in [5.74, 6) is 0.464. The highest BCUT2D eigenvalue weighted by molar-refractivity contribution is 5.89. The number of carbonyl (C=O) groups is 1. The number of hydrogen-bond donors (Lipinski definition) is 1. The van der Waals surface area contributed by atoms with Crippen LogP contribution in [0.25, 0.3) is 0 Å². The molecule has 1 heterocycles. The van der Waals surface area contributed by atoms with Crippen LogP contribution in [0.5, 0.6) is 11.5 Å². The molecule has 102 valence electrons. The first-order chi connectivity index (χ1) is 9.70. The Labute approximate surface area is 117 Å². The zero-order valence-electron chi connectivity index (χ0n) is 11.3. The Kier molecular flexibility index (Phi) is 2.97. The van der Waals surface area contributed by atoms with E-state index in [4.69, 9.17) is 4.74 Å². The van der Waals surface area contributed by atoms with Gasteiger partial charge in [-0.25, -0.2) is 0 Å². The van der Waals surface area contributed by atoms with Gasteiger partial charge in [0.05, 0.1) is 0 Å². The Morgan fingerprint density at radius 2 is 1.55 bits per heavy atom. The van der Waals surface area contributed by atoms with Crippen molar-refractivity contribution in [2.24, 2.45) is 0 Å². The van der Waals surface area contributed by atoms with Crippen LogP contribution in [0, 0.1) is 0 Å². The second-order valence-electron chi connectivity index (χ2n) is 5.05. The monoisotopic (exact) mass is 268 g/mol. The van der Waals surface area contributed by atoms with E-state index in [9.17, 15) is 9.90 Å². The highest BCUT2D eigenvalue weighted by Gasteiger charge is 2.47. The molecule has 3 rings (SSSR count). The minimum Gasteiger partial charge on any atom is -0.480 e. The molecule has 0 saturated heterocycles. The average Bonchev–Trinajstić information content (AvgIpc) is 2.46. The maximum absolute atomic E-state index is 12.1. The fraction of sp³-hybridized carbons (Fsp3) is 0.235. The Balaban J connectivity index is 2.34. The van der Waals surface area contributed by atoms with Crippen LogP contribution in [0.3, 0.4) is 0 Å². The molecule has 20 heavy (non-hydrogen) atoms. The van der Waals surface area contributed by atoms with Crippen molar-refractivity contribution in [1.29, 1.82) is 0 Å². The van der Waals surface area contributed by atoms with Crippen LogP contribution in [-0.4, -0.2) is 11.1 Å². The minimum atomic E-state index is -1.01. The Hall–Kier alpha value is -2.29. The topological polar surface area (TPSA) is 46.5 Å². The highest BCUT2D eigenvalue weighted by Crippen LogP contribution is 2.50. The number of aliphatic carboxylic acids is 1. The summed E-state index contributed by atoms with van der Waals surface area (Å²) in [6.07, 6.45) is 1.34. The quantitative estimate of drug-likeness (QED) is 0.916. The van der Waals surface area contributed by atoms with Crippen molar-refractivity contribution in [3.63, 3.8) is 0 Å². The SMILES string of the molecule is CCCC1(C(=O)O)c2ccccc2Oc2ccccc21. The Morgan fingerprint density at radius 1 is 1.05 bits per heavy atom. The number of ether oxygens (including phenoxy) is 1. The molecule has 0 amide bonds. The maximum Gasteiger partial charge on any atom is 0.318 e. The summed E-state index contributed by atoms with van der Waals surface area (Å²) in [4.78, 5) is 12.1. The van der Waals surface area contributed by atoms with E-state index >= 15 is 0 Å². The van der Waals surface area contributed by atoms with Crippen molar-refractivity contribution in [3.05, 3.63) is 59.7 Å². The molecule has 0 atom stereocenters. The van der Waals surface area contributed by atoms with Gasteiger partial charge in [-0.3, -0.25) is 4.79 Å². The number of carboxylic acids is 1. The van der Waals surface area contributed by atoms with Crippen molar-refractivity contribution < 1.29 is 14.6 Å². The molecule has 0 bridgehead atoms. The van der Waals surface area contributed by atoms with E-state index in [1.165, 1.54) is 0 Å². The van der Waals surface area contributed by atoms with Gasteiger partial charge in [-0.15, -0.1) is 0 Å². The standard InChI is InChI=1S/C17H16O3/c1-2-11-17(16(18)19)12-7-3-5-9-14(12)20-15-10-6-4-8-13(15)17/h3-10H,2,11H2,1H3,(H,18,19). The second-order valence-corrected chi connectivity index (χ2v) is 5.05. The van der Waals surface area contributed by atoms with E-state index in [-0.39, 0.29) is 0 Å². The lowest BCUT2D eigenvalue weighted by molar-refractivity contribution is -0.142. The number of hydrogen-bond acceptors (Lipinski definition) is 2. The van der Waals surface area contributed by atoms with Gasteiger partial charge < -0.3 is 9.84 Å². The van der Waals surface area contributed by atoms with E-state index in [2.05, 4.69) is 0 Å². The third-order valence-electron chi connectivity index (χ3n) is 3.90. The first kappa shape index (κ1) is 12.7. The summed E-state index contributed by atoms with van der Waals surface area (Å²) in [7, 11) is 0. The van der Waals surface area contributed by atoms with E-state index in [0.29, 0.717) is 17.9 Å². The summed E-state index contributed by atoms with van der Waals surface area (Å²) >= 11 is 0. The van der Waals surface area contributed by atoms with Gasteiger partial charge in [0.15, 0.2) is 0 Å². The molecule has 0 saturated carbocycles. The molecule has 1 aliphatic heterocycles. The molecule has 0 radical (unpaired) electrons. The van der Waals surface area contributed by atoms with Gasteiger partial charge in [-0.05, 0) is 18.6 Å². The number of fused-ring (bicyclic) bond motifs is 2. The Bertz CT molecular complexity index is 615. The summed E-state index contributed by atoms with van der Waals surface area (Å²) in [5.41, 5.74) is 0.473. The number of carboxylic acid groups (broad SMARTS) is 1. The lowest BCUT2D eigenvalue weighted by Gasteiger charge is -2.36. The minimum absolute atomic E-state index is 0.555. The highest BCUT2D eigenvalue weighted by atomic mass is 16.5. The fourth-order valence-corrected chi connectivity index (χ4v) is 3.06. The number of para-hydroxylation sites is 2. The van der Waals surface area contributed by atoms with Crippen molar-refractivity contribution in [1.82, 2.24) is 0 Å². The van der Waals surface area contributed by atoms with Crippen molar-refractivity contribution in [2.45, 2.75) is 25.2 Å². The molecule has 0 aliphatic carbocycles. The average molecular weight is 268 g/mol. The van der Waals surface area contributed by atoms with Gasteiger partial charge in [-0.2, -0.15) is 0 Å². The fourth-order valence-electron chi connectivity index (χ4n) is 3.06. The van der Waals surface area contributed by atoms with Gasteiger partial charge in [0.2, 0.25) is 0 Å². The van der Waals surface area contributed by atoms with Gasteiger partial charge in [0.1, 0.15) is 16.9 Å². The second kappa shape index (κ2) is 4.67. The molecule has 2 aromatic carbocycles. The largest absolute Gasteiger partial charge is 0.480 e. The molecule has 0 spiro atoms. The number of rotatable bonds is 3. The maximum atomic E-state index is 12.1. The van der Waals surface area contributed by atoms with Gasteiger partial charge in [0, 0.05) is 11.1 Å². The summed E-state index contributed by atoms with van der Waals surface area (Å²) in [6, 6.07) is 14.8. The van der Waals surface area contributed by atoms with Crippen molar-refractivity contribution >= 4 is 5.97 Å². The van der Waals surface area contributed by atoms with Gasteiger partial charge >= 0.3 is 5.97 Å². The van der Waals surface area contributed by atoms with Crippen LogP contribution >= 0.6 is 0 Å². The van der Waals surface area contributed by atoms with Gasteiger partial charge in [-0.1, -0.05) is 49.7 Å². The van der Waals surface area contributed by atoms with E-state index < -0.39 is 11.4 Å². The van der Waals surface area contributed by atoms with Crippen LogP contribution in [0.2, 0.25) is 0 Å². The summed E-state index contributed by atoms with van der Waals surface area (Å²) < 4.78 is 5.87. The molecule has 2 aromatic rings. The molecule has 1 N–H and O–H groups in total. The first-order valence-electron chi connectivity index (χ1n) is 6.80. The van der Waals surface area contributed by atoms with E-state index in [1.807, 2.05) is 55.5 Å². The number of benzene rings is 2. The predicted octanol–water partition coefficient (Wildman–Crippen LogP) is 3.96. The lowest BCUT2D eigenvalue weighted by Crippen LogP contribution is -2.39. The molecule has 3 heteroatoms. The molecule has 3 nitrogen and oxygen atoms in total. The molecule has 0 fully saturated rings. The first-order valence-corrected chi connectivity index (χ1v) is 6.80. The van der Waals surface area contributed by atoms with Crippen molar-refractivity contribution in [2.75, 3.05) is 0 Å². The van der Waals surface area contributed by atoms with Crippen LogP contribution in [0.1, 0.15) is 30.9 Å². The normalized spacial score (nSPS) is 14.8.